The minimum absolute atomic E-state index is 0. The monoisotopic (exact) mass is 197 g/mol. The predicted molar refractivity (Wildman–Crippen MR) is 41.4 cm³/mol. The van der Waals surface area contributed by atoms with Gasteiger partial charge < -0.3 is 14.8 Å². The number of hydrogen-bond acceptors (Lipinski definition) is 4. The topological polar surface area (TPSA) is 47.6 Å². The normalized spacial score (nSPS) is 28.0. The lowest BCUT2D eigenvalue weighted by Crippen LogP contribution is -2.31. The van der Waals surface area contributed by atoms with Crippen LogP contribution in [-0.2, 0) is 14.3 Å². The Balaban J connectivity index is 0.00000169. The Morgan fingerprint density at radius 1 is 1.69 bits per heavy atom. The van der Waals surface area contributed by atoms with Crippen molar-refractivity contribution < 1.29 is 24.5 Å². The number of rotatable bonds is 3. The minimum Gasteiger partial charge on any atom is -0.468 e. The molecule has 6 heteroatoms. The molecule has 78 valence electrons. The van der Waals surface area contributed by atoms with Crippen molar-refractivity contribution in [2.45, 2.75) is 25.2 Å². The molecule has 0 radical (unpaired) electrons. The Labute approximate surface area is 75.7 Å². The van der Waals surface area contributed by atoms with E-state index in [0.717, 1.165) is 0 Å². The van der Waals surface area contributed by atoms with Crippen molar-refractivity contribution in [1.29, 1.82) is 0 Å². The number of hydrogen-bond donors (Lipinski definition) is 1. The van der Waals surface area contributed by atoms with Gasteiger partial charge in [-0.1, -0.05) is 0 Å². The summed E-state index contributed by atoms with van der Waals surface area (Å²) in [7, 11) is 1.26. The highest BCUT2D eigenvalue weighted by atomic mass is 19.3. The molecule has 0 aromatic carbocycles. The van der Waals surface area contributed by atoms with E-state index in [4.69, 9.17) is 0 Å². The number of methoxy groups -OCH3 is 1. The first-order valence-corrected chi connectivity index (χ1v) is 3.88. The first kappa shape index (κ1) is 10.3. The zero-order valence-electron chi connectivity index (χ0n) is 7.13. The average Bonchev–Trinajstić information content (AvgIpc) is 2.50. The Morgan fingerprint density at radius 2 is 2.38 bits per heavy atom. The Hall–Kier alpha value is -0.750. The largest absolute Gasteiger partial charge is 0.468 e. The molecular weight excluding hydrogens is 184 g/mol. The molecule has 0 amide bonds. The summed E-state index contributed by atoms with van der Waals surface area (Å²) in [6, 6.07) is -0.520. The van der Waals surface area contributed by atoms with Crippen LogP contribution in [0, 0.1) is 0 Å². The van der Waals surface area contributed by atoms with Crippen molar-refractivity contribution in [3.8, 4) is 0 Å². The van der Waals surface area contributed by atoms with E-state index in [0.29, 0.717) is 0 Å². The number of carbonyl (C=O) groups excluding carboxylic acids is 1. The molecule has 1 fully saturated rings. The summed E-state index contributed by atoms with van der Waals surface area (Å²) in [5.41, 5.74) is 0. The lowest BCUT2D eigenvalue weighted by molar-refractivity contribution is -0.159. The first-order valence-electron chi connectivity index (χ1n) is 3.88. The van der Waals surface area contributed by atoms with Crippen LogP contribution in [0.2, 0.25) is 0 Å². The highest BCUT2D eigenvalue weighted by Gasteiger charge is 2.32. The molecule has 0 saturated carbocycles. The van der Waals surface area contributed by atoms with Crippen molar-refractivity contribution in [3.63, 3.8) is 0 Å². The van der Waals surface area contributed by atoms with Gasteiger partial charge >= 0.3 is 12.6 Å². The van der Waals surface area contributed by atoms with Gasteiger partial charge in [-0.2, -0.15) is 8.78 Å². The van der Waals surface area contributed by atoms with Crippen LogP contribution in [0.1, 0.15) is 7.85 Å². The highest BCUT2D eigenvalue weighted by Crippen LogP contribution is 2.14. The van der Waals surface area contributed by atoms with Gasteiger partial charge in [0.05, 0.1) is 13.2 Å². The second-order valence-electron chi connectivity index (χ2n) is 2.74. The number of alkyl halides is 2. The molecule has 1 N–H and O–H groups in total. The molecule has 1 aliphatic heterocycles. The van der Waals surface area contributed by atoms with E-state index in [-0.39, 0.29) is 14.4 Å². The summed E-state index contributed by atoms with van der Waals surface area (Å²) in [6.07, 6.45) is -0.374. The van der Waals surface area contributed by atoms with Gasteiger partial charge in [-0.05, 0) is 0 Å². The molecule has 1 saturated heterocycles. The Morgan fingerprint density at radius 3 is 2.92 bits per heavy atom. The van der Waals surface area contributed by atoms with E-state index in [1.807, 2.05) is 0 Å². The van der Waals surface area contributed by atoms with Crippen LogP contribution in [0.3, 0.4) is 0 Å². The number of esters is 1. The van der Waals surface area contributed by atoms with E-state index in [2.05, 4.69) is 14.8 Å². The third-order valence-electron chi connectivity index (χ3n) is 1.87. The van der Waals surface area contributed by atoms with Crippen molar-refractivity contribution >= 4 is 5.97 Å². The third kappa shape index (κ3) is 2.89. The quantitative estimate of drug-likeness (QED) is 0.664. The second kappa shape index (κ2) is 4.48. The van der Waals surface area contributed by atoms with Gasteiger partial charge in [-0.25, -0.2) is 0 Å². The molecule has 0 aromatic heterocycles. The summed E-state index contributed by atoms with van der Waals surface area (Å²) in [5, 5.41) is 2.73. The van der Waals surface area contributed by atoms with Crippen LogP contribution in [0.15, 0.2) is 0 Å². The molecular formula is C7H13F2NO3. The van der Waals surface area contributed by atoms with E-state index in [1.54, 1.807) is 0 Å². The fourth-order valence-electron chi connectivity index (χ4n) is 1.27. The number of nitrogens with one attached hydrogen (secondary N) is 1. The van der Waals surface area contributed by atoms with Crippen molar-refractivity contribution in [1.82, 2.24) is 5.32 Å². The Kier molecular flexibility index (Phi) is 3.56. The summed E-state index contributed by atoms with van der Waals surface area (Å²) in [6.45, 7) is -2.53. The van der Waals surface area contributed by atoms with Crippen molar-refractivity contribution in [2.24, 2.45) is 0 Å². The van der Waals surface area contributed by atoms with Crippen LogP contribution in [0.25, 0.3) is 0 Å². The zero-order chi connectivity index (χ0) is 9.84. The molecule has 1 heterocycles. The van der Waals surface area contributed by atoms with Gasteiger partial charge in [0.1, 0.15) is 6.04 Å². The summed E-state index contributed by atoms with van der Waals surface area (Å²) < 4.78 is 32.1. The van der Waals surface area contributed by atoms with Crippen LogP contribution in [-0.4, -0.2) is 38.4 Å². The van der Waals surface area contributed by atoms with Gasteiger partial charge in [0.2, 0.25) is 0 Å². The van der Waals surface area contributed by atoms with Crippen LogP contribution >= 0.6 is 0 Å². The van der Waals surface area contributed by atoms with Crippen LogP contribution < -0.4 is 5.32 Å². The summed E-state index contributed by atoms with van der Waals surface area (Å²) in [5.74, 6) is -0.444. The molecule has 1 aliphatic rings. The molecule has 1 rings (SSSR count). The SMILES string of the molecule is COC(=O)[C@@H]1C[C@@H](OC(F)F)CN1.[HH]. The fourth-order valence-corrected chi connectivity index (χ4v) is 1.27. The predicted octanol–water partition coefficient (Wildman–Crippen LogP) is 0.375. The van der Waals surface area contributed by atoms with E-state index in [9.17, 15) is 13.6 Å². The maximum Gasteiger partial charge on any atom is 0.345 e. The molecule has 0 unspecified atom stereocenters. The van der Waals surface area contributed by atoms with Gasteiger partial charge in [-0.3, -0.25) is 4.79 Å². The standard InChI is InChI=1S/C7H11F2NO3.H2/c1-12-6(11)5-2-4(3-10-5)13-7(8)9;/h4-5,7,10H,2-3H2,1H3;1H/t4-,5+;/m1./s1. The summed E-state index contributed by atoms with van der Waals surface area (Å²) in [4.78, 5) is 10.9. The lowest BCUT2D eigenvalue weighted by atomic mass is 10.2. The van der Waals surface area contributed by atoms with Gasteiger partial charge in [0.25, 0.3) is 0 Å². The lowest BCUT2D eigenvalue weighted by Gasteiger charge is -2.09. The number of ether oxygens (including phenoxy) is 2. The molecule has 0 spiro atoms. The van der Waals surface area contributed by atoms with Crippen LogP contribution in [0.5, 0.6) is 0 Å². The van der Waals surface area contributed by atoms with Gasteiger partial charge in [-0.15, -0.1) is 0 Å². The molecule has 0 bridgehead atoms. The first-order chi connectivity index (χ1) is 6.13. The minimum atomic E-state index is -2.79. The highest BCUT2D eigenvalue weighted by molar-refractivity contribution is 5.76. The van der Waals surface area contributed by atoms with Gasteiger partial charge in [0.15, 0.2) is 0 Å². The van der Waals surface area contributed by atoms with E-state index < -0.39 is 24.7 Å². The molecule has 4 nitrogen and oxygen atoms in total. The number of halogens is 2. The van der Waals surface area contributed by atoms with E-state index in [1.165, 1.54) is 7.11 Å². The molecule has 13 heavy (non-hydrogen) atoms. The zero-order valence-corrected chi connectivity index (χ0v) is 7.13. The smallest absolute Gasteiger partial charge is 0.345 e. The molecule has 2 atom stereocenters. The number of carbonyl (C=O) groups is 1. The third-order valence-corrected chi connectivity index (χ3v) is 1.87. The second-order valence-corrected chi connectivity index (χ2v) is 2.74. The van der Waals surface area contributed by atoms with Crippen molar-refractivity contribution in [3.05, 3.63) is 0 Å². The maximum absolute atomic E-state index is 11.7. The fraction of sp³-hybridized carbons (Fsp3) is 0.857. The van der Waals surface area contributed by atoms with Crippen LogP contribution in [0.4, 0.5) is 8.78 Å². The average molecular weight is 197 g/mol. The van der Waals surface area contributed by atoms with E-state index >= 15 is 0 Å². The van der Waals surface area contributed by atoms with Gasteiger partial charge in [0, 0.05) is 14.4 Å². The Bertz CT molecular complexity index is 194. The molecule has 0 aliphatic carbocycles. The summed E-state index contributed by atoms with van der Waals surface area (Å²) >= 11 is 0. The van der Waals surface area contributed by atoms with Crippen molar-refractivity contribution in [2.75, 3.05) is 13.7 Å². The maximum atomic E-state index is 11.7. The molecule has 0 aromatic rings.